The van der Waals surface area contributed by atoms with E-state index in [1.807, 2.05) is 0 Å². The van der Waals surface area contributed by atoms with E-state index in [-0.39, 0.29) is 12.4 Å². The van der Waals surface area contributed by atoms with Crippen molar-refractivity contribution in [1.29, 1.82) is 0 Å². The number of aliphatic carboxylic acids is 1. The van der Waals surface area contributed by atoms with Gasteiger partial charge in [0.25, 0.3) is 0 Å². The number of ether oxygens (including phenoxy) is 1. The van der Waals surface area contributed by atoms with Crippen molar-refractivity contribution in [2.45, 2.75) is 0 Å². The van der Waals surface area contributed by atoms with Crippen LogP contribution in [-0.4, -0.2) is 24.2 Å². The molecule has 0 aromatic rings. The molecular formula is C5H7ClO4. The topological polar surface area (TPSA) is 63.6 Å². The van der Waals surface area contributed by atoms with E-state index in [1.165, 1.54) is 7.11 Å². The highest BCUT2D eigenvalue weighted by atomic mass is 35.5. The highest BCUT2D eigenvalue weighted by Crippen LogP contribution is 1.76. The van der Waals surface area contributed by atoms with Gasteiger partial charge in [-0.05, 0) is 0 Å². The molecule has 0 bridgehead atoms. The normalized spacial score (nSPS) is 8.50. The van der Waals surface area contributed by atoms with E-state index in [2.05, 4.69) is 4.74 Å². The van der Waals surface area contributed by atoms with Crippen LogP contribution < -0.4 is 0 Å². The Labute approximate surface area is 63.9 Å². The van der Waals surface area contributed by atoms with E-state index in [9.17, 15) is 9.59 Å². The molecule has 0 saturated heterocycles. The molecule has 0 radical (unpaired) electrons. The average molecular weight is 167 g/mol. The van der Waals surface area contributed by atoms with Gasteiger partial charge >= 0.3 is 11.9 Å². The molecule has 0 aliphatic heterocycles. The van der Waals surface area contributed by atoms with Gasteiger partial charge in [-0.15, -0.1) is 12.4 Å². The zero-order valence-corrected chi connectivity index (χ0v) is 6.05. The van der Waals surface area contributed by atoms with Crippen molar-refractivity contribution >= 4 is 24.3 Å². The molecule has 0 amide bonds. The molecule has 0 aliphatic rings. The number of rotatable bonds is 2. The summed E-state index contributed by atoms with van der Waals surface area (Å²) < 4.78 is 4.11. The molecule has 0 aromatic carbocycles. The number of carbonyl (C=O) groups is 2. The van der Waals surface area contributed by atoms with Gasteiger partial charge in [0.1, 0.15) is 0 Å². The molecule has 0 aliphatic carbocycles. The van der Waals surface area contributed by atoms with Crippen LogP contribution in [0.2, 0.25) is 0 Å². The molecule has 0 heterocycles. The van der Waals surface area contributed by atoms with Gasteiger partial charge in [0.15, 0.2) is 0 Å². The zero-order chi connectivity index (χ0) is 7.28. The second-order valence-electron chi connectivity index (χ2n) is 1.19. The van der Waals surface area contributed by atoms with E-state index >= 15 is 0 Å². The lowest BCUT2D eigenvalue weighted by atomic mass is 10.5. The lowest BCUT2D eigenvalue weighted by Crippen LogP contribution is -1.96. The molecule has 0 spiro atoms. The van der Waals surface area contributed by atoms with Crippen LogP contribution in [0.25, 0.3) is 0 Å². The van der Waals surface area contributed by atoms with Crippen LogP contribution in [0.4, 0.5) is 0 Å². The van der Waals surface area contributed by atoms with Crippen molar-refractivity contribution in [2.24, 2.45) is 0 Å². The molecule has 0 unspecified atom stereocenters. The van der Waals surface area contributed by atoms with Crippen molar-refractivity contribution in [3.8, 4) is 0 Å². The van der Waals surface area contributed by atoms with Crippen LogP contribution in [0, 0.1) is 0 Å². The van der Waals surface area contributed by atoms with E-state index in [4.69, 9.17) is 5.11 Å². The number of carbonyl (C=O) groups excluding carboxylic acids is 1. The summed E-state index contributed by atoms with van der Waals surface area (Å²) in [6.45, 7) is 0. The van der Waals surface area contributed by atoms with Crippen molar-refractivity contribution in [1.82, 2.24) is 0 Å². The number of halogens is 1. The van der Waals surface area contributed by atoms with E-state index in [0.29, 0.717) is 6.08 Å². The summed E-state index contributed by atoms with van der Waals surface area (Å²) in [7, 11) is 1.18. The third kappa shape index (κ3) is 6.97. The average Bonchev–Trinajstić information content (AvgIpc) is 1.83. The maximum Gasteiger partial charge on any atom is 0.330 e. The fourth-order valence-corrected chi connectivity index (χ4v) is 0.207. The Balaban J connectivity index is 0. The molecule has 0 aromatic heterocycles. The van der Waals surface area contributed by atoms with Gasteiger partial charge in [0.2, 0.25) is 0 Å². The van der Waals surface area contributed by atoms with Crippen molar-refractivity contribution in [2.75, 3.05) is 7.11 Å². The Morgan fingerprint density at radius 3 is 2.20 bits per heavy atom. The number of methoxy groups -OCH3 is 1. The van der Waals surface area contributed by atoms with Crippen LogP contribution in [0.15, 0.2) is 12.2 Å². The van der Waals surface area contributed by atoms with Crippen LogP contribution in [0.5, 0.6) is 0 Å². The highest BCUT2D eigenvalue weighted by molar-refractivity contribution is 5.90. The first kappa shape index (κ1) is 11.7. The van der Waals surface area contributed by atoms with Gasteiger partial charge in [-0.3, -0.25) is 0 Å². The Bertz CT molecular complexity index is 152. The zero-order valence-electron chi connectivity index (χ0n) is 5.23. The monoisotopic (exact) mass is 166 g/mol. The van der Waals surface area contributed by atoms with Gasteiger partial charge in [-0.1, -0.05) is 0 Å². The lowest BCUT2D eigenvalue weighted by molar-refractivity contribution is -0.136. The Morgan fingerprint density at radius 1 is 1.40 bits per heavy atom. The fraction of sp³-hybridized carbons (Fsp3) is 0.200. The lowest BCUT2D eigenvalue weighted by Gasteiger charge is -1.85. The predicted octanol–water partition coefficient (Wildman–Crippen LogP) is 0.222. The summed E-state index contributed by atoms with van der Waals surface area (Å²) in [5.74, 6) is -1.84. The minimum atomic E-state index is -1.17. The third-order valence-electron chi connectivity index (χ3n) is 0.563. The smallest absolute Gasteiger partial charge is 0.330 e. The summed E-state index contributed by atoms with van der Waals surface area (Å²) in [6.07, 6.45) is 1.55. The summed E-state index contributed by atoms with van der Waals surface area (Å²) in [5.41, 5.74) is 0. The molecule has 0 fully saturated rings. The number of esters is 1. The van der Waals surface area contributed by atoms with Crippen molar-refractivity contribution < 1.29 is 19.4 Å². The summed E-state index contributed by atoms with van der Waals surface area (Å²) in [6, 6.07) is 0. The quantitative estimate of drug-likeness (QED) is 0.471. The summed E-state index contributed by atoms with van der Waals surface area (Å²) in [4.78, 5) is 19.9. The Morgan fingerprint density at radius 2 is 1.90 bits per heavy atom. The minimum absolute atomic E-state index is 0. The number of hydrogen-bond acceptors (Lipinski definition) is 3. The predicted molar refractivity (Wildman–Crippen MR) is 36.0 cm³/mol. The molecular weight excluding hydrogens is 160 g/mol. The summed E-state index contributed by atoms with van der Waals surface area (Å²) in [5, 5.41) is 7.96. The fourth-order valence-electron chi connectivity index (χ4n) is 0.207. The molecule has 58 valence electrons. The second kappa shape index (κ2) is 6.10. The van der Waals surface area contributed by atoms with E-state index in [1.54, 1.807) is 0 Å². The maximum absolute atomic E-state index is 10.1. The Kier molecular flexibility index (Phi) is 7.15. The molecule has 1 N–H and O–H groups in total. The first-order valence-corrected chi connectivity index (χ1v) is 2.15. The largest absolute Gasteiger partial charge is 0.478 e. The molecule has 0 atom stereocenters. The van der Waals surface area contributed by atoms with Crippen molar-refractivity contribution in [3.05, 3.63) is 12.2 Å². The minimum Gasteiger partial charge on any atom is -0.478 e. The SMILES string of the molecule is COC(=O)/C=C\C(=O)O.Cl. The van der Waals surface area contributed by atoms with Gasteiger partial charge < -0.3 is 9.84 Å². The van der Waals surface area contributed by atoms with Crippen LogP contribution in [-0.2, 0) is 14.3 Å². The van der Waals surface area contributed by atoms with E-state index in [0.717, 1.165) is 6.08 Å². The van der Waals surface area contributed by atoms with Crippen LogP contribution in [0.3, 0.4) is 0 Å². The Hall–Kier alpha value is -1.03. The van der Waals surface area contributed by atoms with Crippen LogP contribution in [0.1, 0.15) is 0 Å². The maximum atomic E-state index is 10.1. The molecule has 10 heavy (non-hydrogen) atoms. The van der Waals surface area contributed by atoms with Gasteiger partial charge in [-0.2, -0.15) is 0 Å². The van der Waals surface area contributed by atoms with Gasteiger partial charge in [0.05, 0.1) is 7.11 Å². The van der Waals surface area contributed by atoms with Gasteiger partial charge in [0, 0.05) is 12.2 Å². The number of carboxylic acids is 1. The molecule has 5 heteroatoms. The molecule has 4 nitrogen and oxygen atoms in total. The first-order valence-electron chi connectivity index (χ1n) is 2.15. The summed E-state index contributed by atoms with van der Waals surface area (Å²) >= 11 is 0. The standard InChI is InChI=1S/C5H6O4.ClH/c1-9-5(8)3-2-4(6)7;/h2-3H,1H3,(H,6,7);1H/b3-2-;. The van der Waals surface area contributed by atoms with Crippen molar-refractivity contribution in [3.63, 3.8) is 0 Å². The molecule has 0 rings (SSSR count). The number of carboxylic acid groups (broad SMARTS) is 1. The van der Waals surface area contributed by atoms with E-state index < -0.39 is 11.9 Å². The number of hydrogen-bond donors (Lipinski definition) is 1. The van der Waals surface area contributed by atoms with Gasteiger partial charge in [-0.25, -0.2) is 9.59 Å². The second-order valence-corrected chi connectivity index (χ2v) is 1.19. The third-order valence-corrected chi connectivity index (χ3v) is 0.563. The molecule has 0 saturated carbocycles. The first-order chi connectivity index (χ1) is 4.16. The highest BCUT2D eigenvalue weighted by Gasteiger charge is 1.91. The van der Waals surface area contributed by atoms with Crippen LogP contribution >= 0.6 is 12.4 Å².